The third kappa shape index (κ3) is 3.04. The first kappa shape index (κ1) is 11.1. The van der Waals surface area contributed by atoms with Gasteiger partial charge in [-0.3, -0.25) is 0 Å². The minimum Gasteiger partial charge on any atom is -0.497 e. The Morgan fingerprint density at radius 2 is 2.07 bits per heavy atom. The van der Waals surface area contributed by atoms with Gasteiger partial charge in [0.05, 0.1) is 7.11 Å². The van der Waals surface area contributed by atoms with Crippen LogP contribution in [0.15, 0.2) is 24.3 Å². The van der Waals surface area contributed by atoms with Gasteiger partial charge < -0.3 is 10.5 Å². The summed E-state index contributed by atoms with van der Waals surface area (Å²) in [5.74, 6) is 1.50. The molecule has 1 atom stereocenters. The Bertz CT molecular complexity index is 283. The van der Waals surface area contributed by atoms with Crippen LogP contribution in [-0.2, 0) is 0 Å². The van der Waals surface area contributed by atoms with Crippen LogP contribution in [0.4, 0.5) is 0 Å². The van der Waals surface area contributed by atoms with E-state index in [1.165, 1.54) is 0 Å². The summed E-state index contributed by atoms with van der Waals surface area (Å²) in [6.45, 7) is 4.36. The summed E-state index contributed by atoms with van der Waals surface area (Å²) >= 11 is 0. The van der Waals surface area contributed by atoms with Crippen molar-refractivity contribution in [3.05, 3.63) is 29.8 Å². The maximum absolute atomic E-state index is 6.06. The van der Waals surface area contributed by atoms with Crippen molar-refractivity contribution in [3.8, 4) is 5.75 Å². The molecule has 0 saturated carbocycles. The van der Waals surface area contributed by atoms with Gasteiger partial charge in [0, 0.05) is 6.04 Å². The molecule has 0 amide bonds. The number of hydrogen-bond acceptors (Lipinski definition) is 2. The predicted molar refractivity (Wildman–Crippen MR) is 59.4 cm³/mol. The minimum atomic E-state index is 0.116. The second-order valence-corrected chi connectivity index (χ2v) is 4.01. The van der Waals surface area contributed by atoms with Crippen molar-refractivity contribution in [2.75, 3.05) is 7.11 Å². The second-order valence-electron chi connectivity index (χ2n) is 4.01. The summed E-state index contributed by atoms with van der Waals surface area (Å²) in [6, 6.07) is 8.09. The molecule has 0 heterocycles. The van der Waals surface area contributed by atoms with E-state index in [0.29, 0.717) is 5.92 Å². The molecule has 0 radical (unpaired) electrons. The molecular weight excluding hydrogens is 174 g/mol. The summed E-state index contributed by atoms with van der Waals surface area (Å²) in [5.41, 5.74) is 7.21. The van der Waals surface area contributed by atoms with Gasteiger partial charge in [-0.05, 0) is 30.0 Å². The van der Waals surface area contributed by atoms with E-state index in [9.17, 15) is 0 Å². The first-order valence-corrected chi connectivity index (χ1v) is 5.03. The van der Waals surface area contributed by atoms with E-state index in [4.69, 9.17) is 10.5 Å². The second kappa shape index (κ2) is 5.01. The van der Waals surface area contributed by atoms with Crippen LogP contribution in [0, 0.1) is 5.92 Å². The van der Waals surface area contributed by atoms with Gasteiger partial charge in [0.15, 0.2) is 0 Å². The highest BCUT2D eigenvalue weighted by atomic mass is 16.5. The van der Waals surface area contributed by atoms with Crippen LogP contribution in [0.1, 0.15) is 31.9 Å². The van der Waals surface area contributed by atoms with Crippen molar-refractivity contribution in [2.45, 2.75) is 26.3 Å². The molecule has 0 aliphatic carbocycles. The number of ether oxygens (including phenoxy) is 1. The molecule has 2 nitrogen and oxygen atoms in total. The topological polar surface area (TPSA) is 35.2 Å². The van der Waals surface area contributed by atoms with E-state index < -0.39 is 0 Å². The normalized spacial score (nSPS) is 12.9. The third-order valence-corrected chi connectivity index (χ3v) is 2.25. The van der Waals surface area contributed by atoms with E-state index >= 15 is 0 Å². The smallest absolute Gasteiger partial charge is 0.119 e. The van der Waals surface area contributed by atoms with E-state index in [2.05, 4.69) is 19.9 Å². The van der Waals surface area contributed by atoms with Crippen LogP contribution in [0.5, 0.6) is 5.75 Å². The molecule has 1 unspecified atom stereocenters. The number of rotatable bonds is 4. The van der Waals surface area contributed by atoms with Gasteiger partial charge in [-0.2, -0.15) is 0 Å². The SMILES string of the molecule is COc1cccc(C(N)CC(C)C)c1. The zero-order valence-corrected chi connectivity index (χ0v) is 9.16. The zero-order chi connectivity index (χ0) is 10.6. The van der Waals surface area contributed by atoms with E-state index in [1.54, 1.807) is 7.11 Å². The molecule has 1 aromatic rings. The van der Waals surface area contributed by atoms with Crippen LogP contribution in [-0.4, -0.2) is 7.11 Å². The first-order valence-electron chi connectivity index (χ1n) is 5.03. The van der Waals surface area contributed by atoms with Crippen molar-refractivity contribution in [1.29, 1.82) is 0 Å². The highest BCUT2D eigenvalue weighted by Crippen LogP contribution is 2.22. The fourth-order valence-corrected chi connectivity index (χ4v) is 1.52. The van der Waals surface area contributed by atoms with Crippen LogP contribution >= 0.6 is 0 Å². The molecule has 1 aromatic carbocycles. The highest BCUT2D eigenvalue weighted by molar-refractivity contribution is 5.30. The van der Waals surface area contributed by atoms with Crippen LogP contribution in [0.3, 0.4) is 0 Å². The van der Waals surface area contributed by atoms with Gasteiger partial charge in [-0.1, -0.05) is 26.0 Å². The number of benzene rings is 1. The summed E-state index contributed by atoms with van der Waals surface area (Å²) in [4.78, 5) is 0. The summed E-state index contributed by atoms with van der Waals surface area (Å²) in [7, 11) is 1.67. The molecule has 0 bridgehead atoms. The Morgan fingerprint density at radius 1 is 1.36 bits per heavy atom. The maximum atomic E-state index is 6.06. The summed E-state index contributed by atoms with van der Waals surface area (Å²) in [6.07, 6.45) is 1.01. The van der Waals surface area contributed by atoms with Crippen LogP contribution in [0.2, 0.25) is 0 Å². The molecule has 0 aliphatic heterocycles. The summed E-state index contributed by atoms with van der Waals surface area (Å²) in [5, 5.41) is 0. The highest BCUT2D eigenvalue weighted by Gasteiger charge is 2.08. The number of methoxy groups -OCH3 is 1. The quantitative estimate of drug-likeness (QED) is 0.798. The summed E-state index contributed by atoms with van der Waals surface area (Å²) < 4.78 is 5.15. The lowest BCUT2D eigenvalue weighted by atomic mass is 9.98. The van der Waals surface area contributed by atoms with Gasteiger partial charge in [-0.15, -0.1) is 0 Å². The molecule has 0 spiro atoms. The molecular formula is C12H19NO. The van der Waals surface area contributed by atoms with Gasteiger partial charge in [0.2, 0.25) is 0 Å². The maximum Gasteiger partial charge on any atom is 0.119 e. The standard InChI is InChI=1S/C12H19NO/c1-9(2)7-12(13)10-5-4-6-11(8-10)14-3/h4-6,8-9,12H,7,13H2,1-3H3. The molecule has 0 aromatic heterocycles. The average molecular weight is 193 g/mol. The van der Waals surface area contributed by atoms with E-state index in [-0.39, 0.29) is 6.04 Å². The monoisotopic (exact) mass is 193 g/mol. The van der Waals surface area contributed by atoms with E-state index in [1.807, 2.05) is 18.2 Å². The fraction of sp³-hybridized carbons (Fsp3) is 0.500. The Kier molecular flexibility index (Phi) is 3.96. The lowest BCUT2D eigenvalue weighted by Gasteiger charge is -2.15. The van der Waals surface area contributed by atoms with Crippen molar-refractivity contribution in [1.82, 2.24) is 0 Å². The Morgan fingerprint density at radius 3 is 2.64 bits per heavy atom. The molecule has 0 fully saturated rings. The third-order valence-electron chi connectivity index (χ3n) is 2.25. The molecule has 2 N–H and O–H groups in total. The van der Waals surface area contributed by atoms with Gasteiger partial charge >= 0.3 is 0 Å². The van der Waals surface area contributed by atoms with Crippen molar-refractivity contribution < 1.29 is 4.74 Å². The largest absolute Gasteiger partial charge is 0.497 e. The van der Waals surface area contributed by atoms with Crippen LogP contribution < -0.4 is 10.5 Å². The average Bonchev–Trinajstić information content (AvgIpc) is 2.17. The zero-order valence-electron chi connectivity index (χ0n) is 9.16. The van der Waals surface area contributed by atoms with Crippen molar-refractivity contribution >= 4 is 0 Å². The van der Waals surface area contributed by atoms with Crippen molar-refractivity contribution in [2.24, 2.45) is 11.7 Å². The Balaban J connectivity index is 2.73. The predicted octanol–water partition coefficient (Wildman–Crippen LogP) is 2.74. The molecule has 14 heavy (non-hydrogen) atoms. The first-order chi connectivity index (χ1) is 6.63. The molecule has 78 valence electrons. The molecule has 0 aliphatic rings. The molecule has 0 saturated heterocycles. The van der Waals surface area contributed by atoms with Gasteiger partial charge in [0.1, 0.15) is 5.75 Å². The van der Waals surface area contributed by atoms with E-state index in [0.717, 1.165) is 17.7 Å². The number of nitrogens with two attached hydrogens (primary N) is 1. The molecule has 2 heteroatoms. The van der Waals surface area contributed by atoms with Crippen LogP contribution in [0.25, 0.3) is 0 Å². The number of hydrogen-bond donors (Lipinski definition) is 1. The molecule has 1 rings (SSSR count). The lowest BCUT2D eigenvalue weighted by Crippen LogP contribution is -2.12. The van der Waals surface area contributed by atoms with Gasteiger partial charge in [0.25, 0.3) is 0 Å². The van der Waals surface area contributed by atoms with Crippen molar-refractivity contribution in [3.63, 3.8) is 0 Å². The fourth-order valence-electron chi connectivity index (χ4n) is 1.52. The Labute approximate surface area is 86.1 Å². The lowest BCUT2D eigenvalue weighted by molar-refractivity contribution is 0.413. The minimum absolute atomic E-state index is 0.116. The Hall–Kier alpha value is -1.02. The van der Waals surface area contributed by atoms with Gasteiger partial charge in [-0.25, -0.2) is 0 Å².